The second kappa shape index (κ2) is 5.81. The molecule has 2 N–H and O–H groups in total. The molecule has 5 heteroatoms. The molecule has 0 radical (unpaired) electrons. The van der Waals surface area contributed by atoms with Gasteiger partial charge in [-0.1, -0.05) is 50.7 Å². The van der Waals surface area contributed by atoms with Crippen molar-refractivity contribution < 1.29 is 0 Å². The number of halogens is 4. The van der Waals surface area contributed by atoms with E-state index in [1.54, 1.807) is 24.3 Å². The van der Waals surface area contributed by atoms with Crippen LogP contribution in [0.1, 0.15) is 17.2 Å². The van der Waals surface area contributed by atoms with Crippen LogP contribution in [0.2, 0.25) is 15.1 Å². The quantitative estimate of drug-likeness (QED) is 0.752. The van der Waals surface area contributed by atoms with Gasteiger partial charge < -0.3 is 5.73 Å². The van der Waals surface area contributed by atoms with Crippen LogP contribution in [0.5, 0.6) is 0 Å². The van der Waals surface area contributed by atoms with Crippen molar-refractivity contribution in [3.05, 3.63) is 67.1 Å². The van der Waals surface area contributed by atoms with Gasteiger partial charge in [0.05, 0.1) is 6.04 Å². The van der Waals surface area contributed by atoms with E-state index in [4.69, 9.17) is 40.5 Å². The molecule has 0 saturated heterocycles. The van der Waals surface area contributed by atoms with Crippen LogP contribution < -0.4 is 5.73 Å². The van der Waals surface area contributed by atoms with E-state index in [1.165, 1.54) is 0 Å². The fraction of sp³-hybridized carbons (Fsp3) is 0.0769. The molecule has 0 aliphatic rings. The molecule has 0 fully saturated rings. The highest BCUT2D eigenvalue weighted by Crippen LogP contribution is 2.31. The zero-order chi connectivity index (χ0) is 13.3. The second-order valence-electron chi connectivity index (χ2n) is 3.85. The van der Waals surface area contributed by atoms with E-state index >= 15 is 0 Å². The Kier molecular flexibility index (Phi) is 4.57. The Bertz CT molecular complexity index is 566. The van der Waals surface area contributed by atoms with Gasteiger partial charge in [-0.3, -0.25) is 0 Å². The lowest BCUT2D eigenvalue weighted by atomic mass is 10.00. The van der Waals surface area contributed by atoms with E-state index in [9.17, 15) is 0 Å². The van der Waals surface area contributed by atoms with Crippen LogP contribution in [0, 0.1) is 0 Å². The zero-order valence-electron chi connectivity index (χ0n) is 9.13. The predicted octanol–water partition coefficient (Wildman–Crippen LogP) is 5.46. The maximum atomic E-state index is 6.20. The predicted molar refractivity (Wildman–Crippen MR) is 81.6 cm³/mol. The third-order valence-corrected chi connectivity index (χ3v) is 3.79. The molecular weight excluding hydrogens is 356 g/mol. The highest BCUT2D eigenvalue weighted by Gasteiger charge is 2.14. The van der Waals surface area contributed by atoms with Crippen LogP contribution in [0.15, 0.2) is 40.9 Å². The highest BCUT2D eigenvalue weighted by molar-refractivity contribution is 9.10. The first-order valence-corrected chi connectivity index (χ1v) is 7.06. The first-order valence-electron chi connectivity index (χ1n) is 5.14. The van der Waals surface area contributed by atoms with E-state index in [2.05, 4.69) is 15.9 Å². The van der Waals surface area contributed by atoms with Crippen LogP contribution in [0.25, 0.3) is 0 Å². The molecule has 1 atom stereocenters. The van der Waals surface area contributed by atoms with Gasteiger partial charge in [-0.2, -0.15) is 0 Å². The van der Waals surface area contributed by atoms with Crippen molar-refractivity contribution in [2.75, 3.05) is 0 Å². The molecule has 0 saturated carbocycles. The Balaban J connectivity index is 2.47. The van der Waals surface area contributed by atoms with Gasteiger partial charge in [0, 0.05) is 19.5 Å². The lowest BCUT2D eigenvalue weighted by Gasteiger charge is -2.15. The molecule has 0 spiro atoms. The minimum atomic E-state index is -0.369. The van der Waals surface area contributed by atoms with Gasteiger partial charge in [-0.05, 0) is 47.5 Å². The van der Waals surface area contributed by atoms with Gasteiger partial charge in [0.15, 0.2) is 0 Å². The first kappa shape index (κ1) is 14.2. The van der Waals surface area contributed by atoms with Crippen molar-refractivity contribution in [3.8, 4) is 0 Å². The van der Waals surface area contributed by atoms with Gasteiger partial charge in [0.1, 0.15) is 0 Å². The Labute approximate surface area is 129 Å². The smallest absolute Gasteiger partial charge is 0.0567 e. The molecule has 0 aliphatic carbocycles. The molecule has 0 aromatic heterocycles. The summed E-state index contributed by atoms with van der Waals surface area (Å²) in [6.07, 6.45) is 0. The Morgan fingerprint density at radius 1 is 0.944 bits per heavy atom. The van der Waals surface area contributed by atoms with E-state index < -0.39 is 0 Å². The molecule has 0 bridgehead atoms. The van der Waals surface area contributed by atoms with Crippen molar-refractivity contribution in [1.82, 2.24) is 0 Å². The molecule has 2 aromatic rings. The molecule has 0 aliphatic heterocycles. The minimum absolute atomic E-state index is 0.369. The van der Waals surface area contributed by atoms with Gasteiger partial charge in [-0.15, -0.1) is 0 Å². The standard InChI is InChI=1S/C13H9BrCl3N/c14-8-3-7(4-10(16)5-8)13(18)11-6-9(15)1-2-12(11)17/h1-6,13H,18H2. The van der Waals surface area contributed by atoms with Crippen molar-refractivity contribution >= 4 is 50.7 Å². The van der Waals surface area contributed by atoms with Crippen LogP contribution in [0.4, 0.5) is 0 Å². The first-order chi connectivity index (χ1) is 8.47. The molecule has 18 heavy (non-hydrogen) atoms. The SMILES string of the molecule is NC(c1cc(Cl)cc(Br)c1)c1cc(Cl)ccc1Cl. The van der Waals surface area contributed by atoms with Crippen LogP contribution >= 0.6 is 50.7 Å². The third-order valence-electron chi connectivity index (χ3n) is 2.54. The van der Waals surface area contributed by atoms with Crippen LogP contribution in [0.3, 0.4) is 0 Å². The normalized spacial score (nSPS) is 12.5. The summed E-state index contributed by atoms with van der Waals surface area (Å²) in [4.78, 5) is 0. The summed E-state index contributed by atoms with van der Waals surface area (Å²) >= 11 is 21.5. The summed E-state index contributed by atoms with van der Waals surface area (Å²) in [5.74, 6) is 0. The van der Waals surface area contributed by atoms with E-state index in [0.717, 1.165) is 15.6 Å². The average molecular weight is 365 g/mol. The molecule has 0 amide bonds. The van der Waals surface area contributed by atoms with Gasteiger partial charge >= 0.3 is 0 Å². The maximum absolute atomic E-state index is 6.20. The Morgan fingerprint density at radius 3 is 2.33 bits per heavy atom. The number of benzene rings is 2. The monoisotopic (exact) mass is 363 g/mol. The summed E-state index contributed by atoms with van der Waals surface area (Å²) < 4.78 is 0.874. The van der Waals surface area contributed by atoms with Crippen LogP contribution in [-0.2, 0) is 0 Å². The minimum Gasteiger partial charge on any atom is -0.320 e. The summed E-state index contributed by atoms with van der Waals surface area (Å²) in [5.41, 5.74) is 7.85. The maximum Gasteiger partial charge on any atom is 0.0567 e. The molecule has 2 rings (SSSR count). The van der Waals surface area contributed by atoms with Gasteiger partial charge in [-0.25, -0.2) is 0 Å². The summed E-state index contributed by atoms with van der Waals surface area (Å²) in [5, 5.41) is 1.81. The Hall–Kier alpha value is -0.250. The van der Waals surface area contributed by atoms with Crippen molar-refractivity contribution in [2.45, 2.75) is 6.04 Å². The molecule has 1 unspecified atom stereocenters. The summed E-state index contributed by atoms with van der Waals surface area (Å²) in [6.45, 7) is 0. The Morgan fingerprint density at radius 2 is 1.67 bits per heavy atom. The number of nitrogens with two attached hydrogens (primary N) is 1. The van der Waals surface area contributed by atoms with Crippen molar-refractivity contribution in [1.29, 1.82) is 0 Å². The molecule has 1 nitrogen and oxygen atoms in total. The lowest BCUT2D eigenvalue weighted by molar-refractivity contribution is 0.871. The summed E-state index contributed by atoms with van der Waals surface area (Å²) in [7, 11) is 0. The fourth-order valence-electron chi connectivity index (χ4n) is 1.69. The largest absolute Gasteiger partial charge is 0.320 e. The molecule has 94 valence electrons. The zero-order valence-corrected chi connectivity index (χ0v) is 13.0. The topological polar surface area (TPSA) is 26.0 Å². The van der Waals surface area contributed by atoms with Crippen molar-refractivity contribution in [2.24, 2.45) is 5.73 Å². The number of hydrogen-bond donors (Lipinski definition) is 1. The molecule has 0 heterocycles. The van der Waals surface area contributed by atoms with Crippen LogP contribution in [-0.4, -0.2) is 0 Å². The van der Waals surface area contributed by atoms with Gasteiger partial charge in [0.2, 0.25) is 0 Å². The highest BCUT2D eigenvalue weighted by atomic mass is 79.9. The average Bonchev–Trinajstić information content (AvgIpc) is 2.30. The number of rotatable bonds is 2. The number of hydrogen-bond acceptors (Lipinski definition) is 1. The van der Waals surface area contributed by atoms with Crippen molar-refractivity contribution in [3.63, 3.8) is 0 Å². The van der Waals surface area contributed by atoms with E-state index in [1.807, 2.05) is 12.1 Å². The second-order valence-corrected chi connectivity index (χ2v) is 6.04. The molecular formula is C13H9BrCl3N. The van der Waals surface area contributed by atoms with Gasteiger partial charge in [0.25, 0.3) is 0 Å². The summed E-state index contributed by atoms with van der Waals surface area (Å²) in [6, 6.07) is 10.4. The van der Waals surface area contributed by atoms with E-state index in [0.29, 0.717) is 15.1 Å². The fourth-order valence-corrected chi connectivity index (χ4v) is 2.99. The van der Waals surface area contributed by atoms with E-state index in [-0.39, 0.29) is 6.04 Å². The lowest BCUT2D eigenvalue weighted by Crippen LogP contribution is -2.12. The third kappa shape index (κ3) is 3.19. The molecule has 2 aromatic carbocycles.